The number of amides is 2. The minimum Gasteiger partial charge on any atom is -0.496 e. The number of para-hydroxylation sites is 1. The maximum absolute atomic E-state index is 12.4. The molecule has 0 saturated heterocycles. The largest absolute Gasteiger partial charge is 0.496 e. The van der Waals surface area contributed by atoms with Crippen LogP contribution in [0.4, 0.5) is 5.69 Å². The molecule has 0 aliphatic carbocycles. The van der Waals surface area contributed by atoms with Crippen LogP contribution in [0, 0.1) is 20.8 Å². The number of rotatable bonds is 6. The lowest BCUT2D eigenvalue weighted by Crippen LogP contribution is -2.40. The van der Waals surface area contributed by atoms with Crippen LogP contribution >= 0.6 is 0 Å². The lowest BCUT2D eigenvalue weighted by atomic mass is 10.0. The highest BCUT2D eigenvalue weighted by molar-refractivity contribution is 5.98. The van der Waals surface area contributed by atoms with Crippen molar-refractivity contribution in [3.8, 4) is 5.75 Å². The second-order valence-electron chi connectivity index (χ2n) is 6.44. The van der Waals surface area contributed by atoms with Crippen LogP contribution in [-0.4, -0.2) is 25.5 Å². The Morgan fingerprint density at radius 1 is 1.08 bits per heavy atom. The number of nitrogens with zero attached hydrogens (tertiary/aromatic N) is 1. The fourth-order valence-corrected chi connectivity index (χ4v) is 3.19. The third-order valence-electron chi connectivity index (χ3n) is 4.26. The lowest BCUT2D eigenvalue weighted by Gasteiger charge is -2.25. The van der Waals surface area contributed by atoms with E-state index in [-0.39, 0.29) is 18.4 Å². The van der Waals surface area contributed by atoms with Gasteiger partial charge in [-0.15, -0.1) is 0 Å². The van der Waals surface area contributed by atoms with Crippen molar-refractivity contribution in [2.75, 3.05) is 18.6 Å². The second kappa shape index (κ2) is 8.52. The molecule has 0 aliphatic rings. The van der Waals surface area contributed by atoms with Crippen molar-refractivity contribution in [1.82, 2.24) is 5.32 Å². The Labute approximate surface area is 155 Å². The van der Waals surface area contributed by atoms with Crippen LogP contribution in [0.2, 0.25) is 0 Å². The number of aryl methyl sites for hydroxylation is 3. The van der Waals surface area contributed by atoms with Crippen molar-refractivity contribution in [3.63, 3.8) is 0 Å². The summed E-state index contributed by atoms with van der Waals surface area (Å²) in [7, 11) is 1.60. The molecular weight excluding hydrogens is 328 g/mol. The summed E-state index contributed by atoms with van der Waals surface area (Å²) >= 11 is 0. The summed E-state index contributed by atoms with van der Waals surface area (Å²) in [4.78, 5) is 26.1. The average Bonchev–Trinajstić information content (AvgIpc) is 2.58. The number of anilines is 1. The average molecular weight is 354 g/mol. The number of benzene rings is 2. The van der Waals surface area contributed by atoms with Crippen LogP contribution in [0.15, 0.2) is 36.4 Å². The molecule has 5 heteroatoms. The number of hydrogen-bond donors (Lipinski definition) is 1. The first-order valence-corrected chi connectivity index (χ1v) is 8.58. The van der Waals surface area contributed by atoms with Crippen molar-refractivity contribution in [1.29, 1.82) is 0 Å². The molecule has 138 valence electrons. The van der Waals surface area contributed by atoms with Crippen LogP contribution < -0.4 is 15.0 Å². The maximum Gasteiger partial charge on any atom is 0.240 e. The van der Waals surface area contributed by atoms with Gasteiger partial charge in [-0.1, -0.05) is 35.9 Å². The molecule has 0 fully saturated rings. The first-order valence-electron chi connectivity index (χ1n) is 8.58. The van der Waals surface area contributed by atoms with E-state index >= 15 is 0 Å². The molecule has 0 aromatic heterocycles. The summed E-state index contributed by atoms with van der Waals surface area (Å²) in [6, 6.07) is 11.6. The molecule has 0 atom stereocenters. The first kappa shape index (κ1) is 19.5. The molecule has 0 saturated carbocycles. The number of ether oxygens (including phenoxy) is 1. The van der Waals surface area contributed by atoms with Gasteiger partial charge in [-0.05, 0) is 38.0 Å². The predicted octanol–water partition coefficient (Wildman–Crippen LogP) is 3.29. The summed E-state index contributed by atoms with van der Waals surface area (Å²) < 4.78 is 5.29. The van der Waals surface area contributed by atoms with E-state index < -0.39 is 0 Å². The molecule has 5 nitrogen and oxygen atoms in total. The van der Waals surface area contributed by atoms with Crippen LogP contribution in [0.1, 0.15) is 29.2 Å². The molecule has 2 aromatic carbocycles. The zero-order chi connectivity index (χ0) is 19.3. The molecule has 0 unspecified atom stereocenters. The third-order valence-corrected chi connectivity index (χ3v) is 4.26. The Morgan fingerprint density at radius 2 is 1.69 bits per heavy atom. The number of carbonyl (C=O) groups is 2. The van der Waals surface area contributed by atoms with E-state index in [2.05, 4.69) is 5.32 Å². The van der Waals surface area contributed by atoms with Crippen LogP contribution in [0.3, 0.4) is 0 Å². The summed E-state index contributed by atoms with van der Waals surface area (Å²) in [5.41, 5.74) is 4.79. The Morgan fingerprint density at radius 3 is 2.27 bits per heavy atom. The molecule has 2 aromatic rings. The smallest absolute Gasteiger partial charge is 0.240 e. The third kappa shape index (κ3) is 4.63. The second-order valence-corrected chi connectivity index (χ2v) is 6.44. The van der Waals surface area contributed by atoms with Crippen molar-refractivity contribution >= 4 is 17.5 Å². The van der Waals surface area contributed by atoms with E-state index in [0.717, 1.165) is 33.7 Å². The predicted molar refractivity (Wildman–Crippen MR) is 104 cm³/mol. The summed E-state index contributed by atoms with van der Waals surface area (Å²) in [5, 5.41) is 2.87. The number of carbonyl (C=O) groups excluding carboxylic acids is 2. The zero-order valence-electron chi connectivity index (χ0n) is 16.1. The van der Waals surface area contributed by atoms with Gasteiger partial charge in [0.15, 0.2) is 0 Å². The fraction of sp³-hybridized carbons (Fsp3) is 0.333. The minimum absolute atomic E-state index is 0.0186. The van der Waals surface area contributed by atoms with Gasteiger partial charge in [-0.25, -0.2) is 0 Å². The summed E-state index contributed by atoms with van der Waals surface area (Å²) in [6.07, 6.45) is 0. The lowest BCUT2D eigenvalue weighted by molar-refractivity contribution is -0.123. The Bertz CT molecular complexity index is 792. The molecule has 1 N–H and O–H groups in total. The fourth-order valence-electron chi connectivity index (χ4n) is 3.19. The van der Waals surface area contributed by atoms with Crippen LogP contribution in [0.25, 0.3) is 0 Å². The number of methoxy groups -OCH3 is 1. The van der Waals surface area contributed by atoms with Gasteiger partial charge in [-0.2, -0.15) is 0 Å². The Kier molecular flexibility index (Phi) is 6.39. The Hall–Kier alpha value is -2.82. The molecule has 0 radical (unpaired) electrons. The van der Waals surface area contributed by atoms with Gasteiger partial charge in [0.05, 0.1) is 12.8 Å². The summed E-state index contributed by atoms with van der Waals surface area (Å²) in [6.45, 7) is 7.74. The van der Waals surface area contributed by atoms with E-state index in [4.69, 9.17) is 4.74 Å². The van der Waals surface area contributed by atoms with Crippen molar-refractivity contribution in [3.05, 3.63) is 58.7 Å². The van der Waals surface area contributed by atoms with E-state index in [1.165, 1.54) is 11.8 Å². The van der Waals surface area contributed by atoms with E-state index in [1.54, 1.807) is 7.11 Å². The van der Waals surface area contributed by atoms with Crippen molar-refractivity contribution in [2.24, 2.45) is 0 Å². The number of nitrogens with one attached hydrogen (secondary N) is 1. The molecule has 0 aliphatic heterocycles. The van der Waals surface area contributed by atoms with E-state index in [1.807, 2.05) is 57.2 Å². The SMILES string of the molecule is COc1ccccc1CNC(=O)CN(C(C)=O)c1c(C)cc(C)cc1C. The highest BCUT2D eigenvalue weighted by Gasteiger charge is 2.20. The minimum atomic E-state index is -0.217. The first-order chi connectivity index (χ1) is 12.3. The highest BCUT2D eigenvalue weighted by Crippen LogP contribution is 2.26. The normalized spacial score (nSPS) is 10.3. The molecule has 0 heterocycles. The quantitative estimate of drug-likeness (QED) is 0.866. The van der Waals surface area contributed by atoms with Crippen molar-refractivity contribution < 1.29 is 14.3 Å². The van der Waals surface area contributed by atoms with Gasteiger partial charge in [-0.3, -0.25) is 9.59 Å². The van der Waals surface area contributed by atoms with Crippen LogP contribution in [0.5, 0.6) is 5.75 Å². The highest BCUT2D eigenvalue weighted by atomic mass is 16.5. The topological polar surface area (TPSA) is 58.6 Å². The van der Waals surface area contributed by atoms with Gasteiger partial charge in [0.2, 0.25) is 11.8 Å². The van der Waals surface area contributed by atoms with Crippen molar-refractivity contribution in [2.45, 2.75) is 34.2 Å². The van der Waals surface area contributed by atoms with Gasteiger partial charge in [0.25, 0.3) is 0 Å². The molecule has 2 rings (SSSR count). The van der Waals surface area contributed by atoms with Gasteiger partial charge in [0, 0.05) is 19.0 Å². The van der Waals surface area contributed by atoms with E-state index in [0.29, 0.717) is 6.54 Å². The summed E-state index contributed by atoms with van der Waals surface area (Å²) in [5.74, 6) is 0.347. The monoisotopic (exact) mass is 354 g/mol. The molecule has 0 bridgehead atoms. The molecule has 0 spiro atoms. The maximum atomic E-state index is 12.4. The van der Waals surface area contributed by atoms with Gasteiger partial charge < -0.3 is 15.0 Å². The zero-order valence-corrected chi connectivity index (χ0v) is 16.1. The molecular formula is C21H26N2O3. The van der Waals surface area contributed by atoms with Gasteiger partial charge in [0.1, 0.15) is 12.3 Å². The molecule has 2 amide bonds. The molecule has 26 heavy (non-hydrogen) atoms. The van der Waals surface area contributed by atoms with Gasteiger partial charge >= 0.3 is 0 Å². The Balaban J connectivity index is 2.13. The number of hydrogen-bond acceptors (Lipinski definition) is 3. The standard InChI is InChI=1S/C21H26N2O3/c1-14-10-15(2)21(16(3)11-14)23(17(4)24)13-20(25)22-12-18-8-6-7-9-19(18)26-5/h6-11H,12-13H2,1-5H3,(H,22,25). The van der Waals surface area contributed by atoms with Crippen LogP contribution in [-0.2, 0) is 16.1 Å². The van der Waals surface area contributed by atoms with E-state index in [9.17, 15) is 9.59 Å².